The molecular formula is C22H26N8OS. The third-order valence-electron chi connectivity index (χ3n) is 6.62. The molecule has 2 saturated heterocycles. The maximum absolute atomic E-state index is 5.55. The molecule has 0 spiro atoms. The molecular weight excluding hydrogens is 424 g/mol. The second-order valence-electron chi connectivity index (χ2n) is 9.27. The van der Waals surface area contributed by atoms with Crippen LogP contribution in [-0.2, 0) is 0 Å². The van der Waals surface area contributed by atoms with E-state index < -0.39 is 0 Å². The van der Waals surface area contributed by atoms with Crippen LogP contribution < -0.4 is 15.0 Å². The number of aromatic nitrogens is 6. The summed E-state index contributed by atoms with van der Waals surface area (Å²) in [5.74, 6) is 0.927. The number of hydrogen-bond acceptors (Lipinski definition) is 8. The number of anilines is 1. The summed E-state index contributed by atoms with van der Waals surface area (Å²) in [6.07, 6.45) is 6.68. The number of piperazine rings is 1. The molecule has 166 valence electrons. The average Bonchev–Trinajstić information content (AvgIpc) is 3.58. The van der Waals surface area contributed by atoms with Crippen molar-refractivity contribution >= 4 is 22.0 Å². The number of thiazole rings is 1. The number of nitrogens with one attached hydrogen (secondary N) is 2. The van der Waals surface area contributed by atoms with E-state index in [0.29, 0.717) is 17.4 Å². The van der Waals surface area contributed by atoms with Crippen LogP contribution in [0.1, 0.15) is 38.7 Å². The number of methoxy groups -OCH3 is 1. The van der Waals surface area contributed by atoms with Crippen molar-refractivity contribution in [1.29, 1.82) is 0 Å². The zero-order valence-corrected chi connectivity index (χ0v) is 19.4. The fourth-order valence-electron chi connectivity index (χ4n) is 5.12. The SMILES string of the molecule is COc1cc(-c2n[nH]c(-c3ncc(N4C[C@]5(C)C[C@H]4CN5)s3)c2C(C)C)cn2ncnc12. The third kappa shape index (κ3) is 2.93. The molecule has 0 amide bonds. The molecule has 0 saturated carbocycles. The zero-order chi connectivity index (χ0) is 22.0. The van der Waals surface area contributed by atoms with Gasteiger partial charge in [0.25, 0.3) is 0 Å². The van der Waals surface area contributed by atoms with Crippen LogP contribution in [0.5, 0.6) is 5.75 Å². The van der Waals surface area contributed by atoms with Gasteiger partial charge in [-0.1, -0.05) is 25.2 Å². The van der Waals surface area contributed by atoms with E-state index >= 15 is 0 Å². The topological polar surface area (TPSA) is 96.3 Å². The lowest BCUT2D eigenvalue weighted by molar-refractivity contribution is 0.416. The number of H-pyrrole nitrogens is 1. The summed E-state index contributed by atoms with van der Waals surface area (Å²) in [5, 5.41) is 18.1. The van der Waals surface area contributed by atoms with Crippen LogP contribution in [0.25, 0.3) is 27.6 Å². The standard InChI is InChI=1S/C22H26N8OS/c1-12(2)17-18(13-5-15(31-4)20-24-11-26-30(20)9-13)27-28-19(17)21-23-8-16(32-21)29-10-22(3)6-14(29)7-25-22/h5,8-9,11-12,14,25H,6-7,10H2,1-4H3,(H,27,28)/t14-,22-/m0/s1. The average molecular weight is 451 g/mol. The van der Waals surface area contributed by atoms with Crippen molar-refractivity contribution in [2.75, 3.05) is 25.1 Å². The van der Waals surface area contributed by atoms with Crippen LogP contribution in [0, 0.1) is 0 Å². The highest BCUT2D eigenvalue weighted by Gasteiger charge is 2.46. The van der Waals surface area contributed by atoms with Gasteiger partial charge in [-0.25, -0.2) is 14.5 Å². The maximum Gasteiger partial charge on any atom is 0.197 e. The number of ether oxygens (including phenoxy) is 1. The van der Waals surface area contributed by atoms with Gasteiger partial charge in [0.1, 0.15) is 16.3 Å². The molecule has 2 fully saturated rings. The molecule has 4 aromatic rings. The molecule has 0 radical (unpaired) electrons. The highest BCUT2D eigenvalue weighted by atomic mass is 32.1. The third-order valence-corrected chi connectivity index (χ3v) is 7.67. The number of rotatable bonds is 5. The summed E-state index contributed by atoms with van der Waals surface area (Å²) >= 11 is 1.74. The number of hydrogen-bond donors (Lipinski definition) is 2. The summed E-state index contributed by atoms with van der Waals surface area (Å²) in [5.41, 5.74) is 4.85. The summed E-state index contributed by atoms with van der Waals surface area (Å²) in [6.45, 7) is 8.75. The predicted molar refractivity (Wildman–Crippen MR) is 124 cm³/mol. The van der Waals surface area contributed by atoms with Gasteiger partial charge >= 0.3 is 0 Å². The molecule has 2 bridgehead atoms. The van der Waals surface area contributed by atoms with Crippen molar-refractivity contribution in [3.05, 3.63) is 30.4 Å². The summed E-state index contributed by atoms with van der Waals surface area (Å²) in [6, 6.07) is 2.52. The first-order valence-corrected chi connectivity index (χ1v) is 11.7. The van der Waals surface area contributed by atoms with Gasteiger partial charge in [0.15, 0.2) is 11.4 Å². The lowest BCUT2D eigenvalue weighted by Gasteiger charge is -2.31. The van der Waals surface area contributed by atoms with Gasteiger partial charge in [0.05, 0.1) is 24.7 Å². The molecule has 4 aromatic heterocycles. The Morgan fingerprint density at radius 1 is 1.31 bits per heavy atom. The second-order valence-corrected chi connectivity index (χ2v) is 10.3. The first kappa shape index (κ1) is 19.7. The molecule has 0 aliphatic carbocycles. The van der Waals surface area contributed by atoms with E-state index in [2.05, 4.69) is 46.2 Å². The monoisotopic (exact) mass is 450 g/mol. The first-order chi connectivity index (χ1) is 15.5. The van der Waals surface area contributed by atoms with Crippen LogP contribution in [0.2, 0.25) is 0 Å². The van der Waals surface area contributed by atoms with Crippen LogP contribution in [0.15, 0.2) is 24.8 Å². The van der Waals surface area contributed by atoms with Gasteiger partial charge in [-0.2, -0.15) is 10.2 Å². The molecule has 6 rings (SSSR count). The van der Waals surface area contributed by atoms with Gasteiger partial charge < -0.3 is 15.0 Å². The predicted octanol–water partition coefficient (Wildman–Crippen LogP) is 3.32. The van der Waals surface area contributed by atoms with Gasteiger partial charge in [0.2, 0.25) is 0 Å². The van der Waals surface area contributed by atoms with Gasteiger partial charge in [-0.15, -0.1) is 0 Å². The highest BCUT2D eigenvalue weighted by molar-refractivity contribution is 7.18. The van der Waals surface area contributed by atoms with Crippen molar-refractivity contribution in [3.8, 4) is 27.7 Å². The van der Waals surface area contributed by atoms with E-state index in [0.717, 1.165) is 40.6 Å². The van der Waals surface area contributed by atoms with E-state index in [4.69, 9.17) is 14.8 Å². The number of aromatic amines is 1. The minimum atomic E-state index is 0.220. The van der Waals surface area contributed by atoms with Crippen molar-refractivity contribution in [2.45, 2.75) is 44.7 Å². The van der Waals surface area contributed by atoms with Crippen LogP contribution in [0.4, 0.5) is 5.00 Å². The van der Waals surface area contributed by atoms with Crippen molar-refractivity contribution < 1.29 is 4.74 Å². The molecule has 2 N–H and O–H groups in total. The molecule has 10 heteroatoms. The van der Waals surface area contributed by atoms with Crippen LogP contribution >= 0.6 is 11.3 Å². The molecule has 2 aliphatic rings. The summed E-state index contributed by atoms with van der Waals surface area (Å²) < 4.78 is 7.28. The normalized spacial score (nSPS) is 22.5. The molecule has 9 nitrogen and oxygen atoms in total. The molecule has 32 heavy (non-hydrogen) atoms. The first-order valence-electron chi connectivity index (χ1n) is 10.9. The van der Waals surface area contributed by atoms with Crippen LogP contribution in [-0.4, -0.2) is 61.6 Å². The number of fused-ring (bicyclic) bond motifs is 3. The van der Waals surface area contributed by atoms with Crippen molar-refractivity contribution in [2.24, 2.45) is 0 Å². The minimum Gasteiger partial charge on any atom is -0.493 e. The van der Waals surface area contributed by atoms with Crippen molar-refractivity contribution in [3.63, 3.8) is 0 Å². The van der Waals surface area contributed by atoms with E-state index in [9.17, 15) is 0 Å². The maximum atomic E-state index is 5.55. The molecule has 0 unspecified atom stereocenters. The Balaban J connectivity index is 1.40. The second kappa shape index (κ2) is 7.01. The Labute approximate surface area is 189 Å². The molecule has 6 heterocycles. The lowest BCUT2D eigenvalue weighted by atomic mass is 9.97. The zero-order valence-electron chi connectivity index (χ0n) is 18.6. The van der Waals surface area contributed by atoms with E-state index in [-0.39, 0.29) is 11.5 Å². The summed E-state index contributed by atoms with van der Waals surface area (Å²) in [7, 11) is 1.64. The molecule has 0 aromatic carbocycles. The van der Waals surface area contributed by atoms with E-state index in [1.54, 1.807) is 23.0 Å². The largest absolute Gasteiger partial charge is 0.493 e. The quantitative estimate of drug-likeness (QED) is 0.481. The Bertz CT molecular complexity index is 1310. The van der Waals surface area contributed by atoms with Gasteiger partial charge in [-0.3, -0.25) is 5.10 Å². The Morgan fingerprint density at radius 2 is 2.19 bits per heavy atom. The van der Waals surface area contributed by atoms with Crippen LogP contribution in [0.3, 0.4) is 0 Å². The highest BCUT2D eigenvalue weighted by Crippen LogP contribution is 2.42. The fraction of sp³-hybridized carbons (Fsp3) is 0.455. The number of pyridine rings is 1. The van der Waals surface area contributed by atoms with E-state index in [1.165, 1.54) is 17.7 Å². The van der Waals surface area contributed by atoms with E-state index in [1.807, 2.05) is 18.5 Å². The van der Waals surface area contributed by atoms with Gasteiger partial charge in [-0.05, 0) is 25.3 Å². The minimum absolute atomic E-state index is 0.220. The fourth-order valence-corrected chi connectivity index (χ4v) is 6.12. The number of nitrogens with zero attached hydrogens (tertiary/aromatic N) is 6. The Morgan fingerprint density at radius 3 is 2.91 bits per heavy atom. The van der Waals surface area contributed by atoms with Crippen molar-refractivity contribution in [1.82, 2.24) is 35.1 Å². The lowest BCUT2D eigenvalue weighted by Crippen LogP contribution is -2.49. The molecule has 2 aliphatic heterocycles. The van der Waals surface area contributed by atoms with Gasteiger partial charge in [0, 0.05) is 42.0 Å². The summed E-state index contributed by atoms with van der Waals surface area (Å²) in [4.78, 5) is 11.6. The smallest absolute Gasteiger partial charge is 0.197 e. The Kier molecular flexibility index (Phi) is 4.31. The Hall–Kier alpha value is -2.98. The molecule has 2 atom stereocenters.